The molecule has 7 heteroatoms. The molecule has 17 heavy (non-hydrogen) atoms. The summed E-state index contributed by atoms with van der Waals surface area (Å²) in [6.45, 7) is 0. The van der Waals surface area contributed by atoms with Crippen LogP contribution < -0.4 is 16.4 Å². The molecule has 0 radical (unpaired) electrons. The van der Waals surface area contributed by atoms with Gasteiger partial charge in [-0.15, -0.1) is 0 Å². The standard InChI is InChI=1S/C10H18N4OS2/c1-12-8(16)6(11)4-3-5-7-9(15)14(2)10(17)13-7/h6-7H,3-5,11H2,1-2H3,(H,12,16)(H,13,17)/t6-,7+/m0/s1. The van der Waals surface area contributed by atoms with E-state index in [1.165, 1.54) is 4.90 Å². The summed E-state index contributed by atoms with van der Waals surface area (Å²) in [6, 6.07) is -0.348. The average Bonchev–Trinajstić information content (AvgIpc) is 2.56. The third-order valence-corrected chi connectivity index (χ3v) is 3.72. The fourth-order valence-corrected chi connectivity index (χ4v) is 2.05. The van der Waals surface area contributed by atoms with Gasteiger partial charge in [0, 0.05) is 14.1 Å². The molecule has 0 unspecified atom stereocenters. The number of thiocarbonyl (C=S) groups is 2. The van der Waals surface area contributed by atoms with Crippen LogP contribution in [0.15, 0.2) is 0 Å². The molecule has 4 N–H and O–H groups in total. The molecule has 2 atom stereocenters. The van der Waals surface area contributed by atoms with Crippen LogP contribution in [0.25, 0.3) is 0 Å². The Morgan fingerprint density at radius 2 is 2.35 bits per heavy atom. The van der Waals surface area contributed by atoms with Crippen LogP contribution in [0.5, 0.6) is 0 Å². The molecule has 96 valence electrons. The van der Waals surface area contributed by atoms with E-state index in [0.29, 0.717) is 10.1 Å². The Kier molecular flexibility index (Phi) is 5.23. The Morgan fingerprint density at radius 1 is 1.71 bits per heavy atom. The van der Waals surface area contributed by atoms with E-state index < -0.39 is 0 Å². The van der Waals surface area contributed by atoms with E-state index in [-0.39, 0.29) is 18.0 Å². The zero-order chi connectivity index (χ0) is 13.0. The zero-order valence-electron chi connectivity index (χ0n) is 10.0. The molecule has 5 nitrogen and oxygen atoms in total. The second-order valence-corrected chi connectivity index (χ2v) is 4.88. The van der Waals surface area contributed by atoms with Gasteiger partial charge in [-0.25, -0.2) is 0 Å². The third kappa shape index (κ3) is 3.58. The predicted octanol–water partition coefficient (Wildman–Crippen LogP) is -0.254. The van der Waals surface area contributed by atoms with Gasteiger partial charge in [0.2, 0.25) is 0 Å². The lowest BCUT2D eigenvalue weighted by molar-refractivity contribution is -0.126. The number of hydrogen-bond acceptors (Lipinski definition) is 4. The Hall–Kier alpha value is -0.790. The number of likely N-dealkylation sites (N-methyl/N-ethyl adjacent to an activating group) is 2. The maximum Gasteiger partial charge on any atom is 0.251 e. The van der Waals surface area contributed by atoms with Crippen LogP contribution in [0, 0.1) is 0 Å². The summed E-state index contributed by atoms with van der Waals surface area (Å²) in [7, 11) is 3.44. The maximum absolute atomic E-state index is 11.7. The van der Waals surface area contributed by atoms with Crippen LogP contribution >= 0.6 is 24.4 Å². The number of hydrogen-bond donors (Lipinski definition) is 3. The largest absolute Gasteiger partial charge is 0.381 e. The van der Waals surface area contributed by atoms with E-state index in [1.54, 1.807) is 14.1 Å². The summed E-state index contributed by atoms with van der Waals surface area (Å²) in [6.07, 6.45) is 2.33. The first kappa shape index (κ1) is 14.3. The van der Waals surface area contributed by atoms with E-state index in [9.17, 15) is 4.79 Å². The molecular weight excluding hydrogens is 256 g/mol. The monoisotopic (exact) mass is 274 g/mol. The highest BCUT2D eigenvalue weighted by Gasteiger charge is 2.31. The van der Waals surface area contributed by atoms with Crippen LogP contribution in [-0.4, -0.2) is 47.1 Å². The molecule has 0 aromatic heterocycles. The molecule has 1 rings (SSSR count). The number of nitrogens with two attached hydrogens (primary N) is 1. The van der Waals surface area contributed by atoms with E-state index in [4.69, 9.17) is 30.2 Å². The van der Waals surface area contributed by atoms with Crippen molar-refractivity contribution in [1.82, 2.24) is 15.5 Å². The highest BCUT2D eigenvalue weighted by Crippen LogP contribution is 2.11. The summed E-state index contributed by atoms with van der Waals surface area (Å²) in [4.78, 5) is 13.8. The Labute approximate surface area is 112 Å². The lowest BCUT2D eigenvalue weighted by Crippen LogP contribution is -2.37. The molecule has 1 fully saturated rings. The summed E-state index contributed by atoms with van der Waals surface area (Å²) < 4.78 is 0. The SMILES string of the molecule is CNC(=S)[C@@H](N)CCC[C@H]1NC(=S)N(C)C1=O. The Bertz CT molecular complexity index is 334. The van der Waals surface area contributed by atoms with Gasteiger partial charge >= 0.3 is 0 Å². The van der Waals surface area contributed by atoms with Crippen molar-refractivity contribution in [3.8, 4) is 0 Å². The number of nitrogens with one attached hydrogen (secondary N) is 2. The van der Waals surface area contributed by atoms with Gasteiger partial charge in [0.1, 0.15) is 6.04 Å². The van der Waals surface area contributed by atoms with Crippen molar-refractivity contribution in [3.63, 3.8) is 0 Å². The predicted molar refractivity (Wildman–Crippen MR) is 75.8 cm³/mol. The minimum atomic E-state index is -0.206. The van der Waals surface area contributed by atoms with E-state index in [0.717, 1.165) is 19.3 Å². The van der Waals surface area contributed by atoms with E-state index in [1.807, 2.05) is 0 Å². The normalized spacial score (nSPS) is 21.4. The zero-order valence-corrected chi connectivity index (χ0v) is 11.7. The molecule has 0 aliphatic carbocycles. The van der Waals surface area contributed by atoms with Crippen LogP contribution in [0.4, 0.5) is 0 Å². The summed E-state index contributed by atoms with van der Waals surface area (Å²) in [5, 5.41) is 6.35. The fourth-order valence-electron chi connectivity index (χ4n) is 1.70. The molecule has 0 saturated carbocycles. The number of nitrogens with zero attached hydrogens (tertiary/aromatic N) is 1. The van der Waals surface area contributed by atoms with E-state index >= 15 is 0 Å². The van der Waals surface area contributed by atoms with Crippen LogP contribution in [0.2, 0.25) is 0 Å². The summed E-state index contributed by atoms with van der Waals surface area (Å²) in [5.41, 5.74) is 5.86. The number of carbonyl (C=O) groups is 1. The molecule has 1 aliphatic rings. The van der Waals surface area contributed by atoms with Gasteiger partial charge in [0.05, 0.1) is 11.0 Å². The lowest BCUT2D eigenvalue weighted by Gasteiger charge is -2.13. The topological polar surface area (TPSA) is 70.4 Å². The van der Waals surface area contributed by atoms with Gasteiger partial charge < -0.3 is 16.4 Å². The fraction of sp³-hybridized carbons (Fsp3) is 0.700. The maximum atomic E-state index is 11.7. The minimum absolute atomic E-state index is 0.0276. The van der Waals surface area contributed by atoms with Gasteiger partial charge in [-0.1, -0.05) is 12.2 Å². The molecule has 0 bridgehead atoms. The molecule has 0 aromatic rings. The van der Waals surface area contributed by atoms with Crippen molar-refractivity contribution >= 4 is 40.4 Å². The molecule has 1 amide bonds. The molecule has 1 saturated heterocycles. The van der Waals surface area contributed by atoms with Gasteiger partial charge in [-0.05, 0) is 31.5 Å². The highest BCUT2D eigenvalue weighted by atomic mass is 32.1. The molecular formula is C10H18N4OS2. The van der Waals surface area contributed by atoms with Crippen molar-refractivity contribution < 1.29 is 4.79 Å². The van der Waals surface area contributed by atoms with Crippen molar-refractivity contribution in [2.75, 3.05) is 14.1 Å². The van der Waals surface area contributed by atoms with Gasteiger partial charge in [-0.3, -0.25) is 9.69 Å². The number of carbonyl (C=O) groups excluding carboxylic acids is 1. The average molecular weight is 274 g/mol. The first-order chi connectivity index (χ1) is 7.97. The molecule has 1 aliphatic heterocycles. The second kappa shape index (κ2) is 6.23. The second-order valence-electron chi connectivity index (χ2n) is 4.05. The molecule has 0 aromatic carbocycles. The van der Waals surface area contributed by atoms with Crippen LogP contribution in [0.3, 0.4) is 0 Å². The third-order valence-electron chi connectivity index (χ3n) is 2.82. The van der Waals surface area contributed by atoms with Crippen LogP contribution in [-0.2, 0) is 4.79 Å². The van der Waals surface area contributed by atoms with Gasteiger partial charge in [0.25, 0.3) is 5.91 Å². The van der Waals surface area contributed by atoms with Crippen molar-refractivity contribution in [2.45, 2.75) is 31.3 Å². The van der Waals surface area contributed by atoms with E-state index in [2.05, 4.69) is 10.6 Å². The Balaban J connectivity index is 2.31. The minimum Gasteiger partial charge on any atom is -0.381 e. The summed E-state index contributed by atoms with van der Waals surface area (Å²) >= 11 is 10.0. The van der Waals surface area contributed by atoms with Gasteiger partial charge in [0.15, 0.2) is 5.11 Å². The summed E-state index contributed by atoms with van der Waals surface area (Å²) in [5.74, 6) is 0.0276. The molecule has 1 heterocycles. The van der Waals surface area contributed by atoms with Crippen molar-refractivity contribution in [3.05, 3.63) is 0 Å². The highest BCUT2D eigenvalue weighted by molar-refractivity contribution is 7.80. The molecule has 0 spiro atoms. The quantitative estimate of drug-likeness (QED) is 0.601. The first-order valence-corrected chi connectivity index (χ1v) is 6.34. The number of rotatable bonds is 5. The number of amides is 1. The van der Waals surface area contributed by atoms with Gasteiger partial charge in [-0.2, -0.15) is 0 Å². The van der Waals surface area contributed by atoms with Crippen LogP contribution in [0.1, 0.15) is 19.3 Å². The first-order valence-electron chi connectivity index (χ1n) is 5.52. The van der Waals surface area contributed by atoms with Crippen molar-refractivity contribution in [2.24, 2.45) is 5.73 Å². The van der Waals surface area contributed by atoms with Crippen molar-refractivity contribution in [1.29, 1.82) is 0 Å². The lowest BCUT2D eigenvalue weighted by atomic mass is 10.1. The smallest absolute Gasteiger partial charge is 0.251 e. The Morgan fingerprint density at radius 3 is 2.82 bits per heavy atom.